The summed E-state index contributed by atoms with van der Waals surface area (Å²) in [6.07, 6.45) is 77.0. The van der Waals surface area contributed by atoms with E-state index >= 15 is 0 Å². The summed E-state index contributed by atoms with van der Waals surface area (Å²) in [6, 6.07) is -0.541. The molecule has 0 aromatic carbocycles. The molecule has 6 nitrogen and oxygen atoms in total. The zero-order valence-electron chi connectivity index (χ0n) is 50.6. The Bertz CT molecular complexity index is 1070. The van der Waals surface area contributed by atoms with Crippen molar-refractivity contribution < 1.29 is 24.5 Å². The first-order valence-electron chi connectivity index (χ1n) is 34.3. The van der Waals surface area contributed by atoms with Crippen LogP contribution in [0.1, 0.15) is 399 Å². The molecule has 0 bridgehead atoms. The average molecular weight is 1050 g/mol. The van der Waals surface area contributed by atoms with Crippen LogP contribution in [-0.2, 0) is 14.3 Å². The predicted octanol–water partition coefficient (Wildman–Crippen LogP) is 21.8. The molecule has 0 aliphatic rings. The lowest BCUT2D eigenvalue weighted by atomic mass is 10.0. The summed E-state index contributed by atoms with van der Waals surface area (Å²) in [5.41, 5.74) is 0. The number of hydrogen-bond acceptors (Lipinski definition) is 5. The lowest BCUT2D eigenvalue weighted by molar-refractivity contribution is -0.143. The third kappa shape index (κ3) is 60.1. The van der Waals surface area contributed by atoms with E-state index < -0.39 is 12.1 Å². The molecule has 3 N–H and O–H groups in total. The number of ether oxygens (including phenoxy) is 1. The molecule has 0 aromatic heterocycles. The van der Waals surface area contributed by atoms with Crippen LogP contribution in [0.25, 0.3) is 0 Å². The highest BCUT2D eigenvalue weighted by Gasteiger charge is 2.20. The van der Waals surface area contributed by atoms with Crippen molar-refractivity contribution in [1.82, 2.24) is 5.32 Å². The summed E-state index contributed by atoms with van der Waals surface area (Å²) in [4.78, 5) is 24.6. The standard InChI is InChI=1S/C68H135NO5/c1-3-5-7-9-11-13-15-17-19-21-26-29-32-36-40-44-48-52-56-60-66(71)65(64-70)69-67(72)61-57-53-49-45-41-37-33-30-27-24-22-23-25-28-31-35-39-43-47-51-55-59-63-74-68(73)62-58-54-50-46-42-38-34-20-18-16-14-12-10-8-6-4-2/h65-66,70-71H,3-64H2,1-2H3,(H,69,72). The zero-order chi connectivity index (χ0) is 53.6. The van der Waals surface area contributed by atoms with E-state index in [0.717, 1.165) is 38.5 Å². The third-order valence-corrected chi connectivity index (χ3v) is 16.4. The molecule has 0 radical (unpaired) electrons. The average Bonchev–Trinajstić information content (AvgIpc) is 3.40. The number of rotatable bonds is 65. The van der Waals surface area contributed by atoms with Gasteiger partial charge in [0.15, 0.2) is 0 Å². The largest absolute Gasteiger partial charge is 0.466 e. The number of hydrogen-bond donors (Lipinski definition) is 3. The highest BCUT2D eigenvalue weighted by molar-refractivity contribution is 5.76. The molecule has 6 heteroatoms. The van der Waals surface area contributed by atoms with Crippen molar-refractivity contribution in [2.24, 2.45) is 0 Å². The first kappa shape index (κ1) is 72.9. The minimum Gasteiger partial charge on any atom is -0.466 e. The van der Waals surface area contributed by atoms with E-state index in [2.05, 4.69) is 19.2 Å². The molecule has 0 rings (SSSR count). The third-order valence-electron chi connectivity index (χ3n) is 16.4. The smallest absolute Gasteiger partial charge is 0.305 e. The van der Waals surface area contributed by atoms with Crippen molar-refractivity contribution >= 4 is 11.9 Å². The number of aliphatic hydroxyl groups is 2. The highest BCUT2D eigenvalue weighted by atomic mass is 16.5. The van der Waals surface area contributed by atoms with Crippen LogP contribution in [0.2, 0.25) is 0 Å². The Morgan fingerprint density at radius 3 is 0.824 bits per heavy atom. The van der Waals surface area contributed by atoms with Crippen molar-refractivity contribution in [3.63, 3.8) is 0 Å². The van der Waals surface area contributed by atoms with E-state index in [1.165, 1.54) is 327 Å². The van der Waals surface area contributed by atoms with E-state index in [0.29, 0.717) is 25.9 Å². The fraction of sp³-hybridized carbons (Fsp3) is 0.971. The fourth-order valence-electron chi connectivity index (χ4n) is 11.2. The second-order valence-corrected chi connectivity index (χ2v) is 23.9. The number of carbonyl (C=O) groups excluding carboxylic acids is 2. The van der Waals surface area contributed by atoms with Crippen LogP contribution in [0.4, 0.5) is 0 Å². The summed E-state index contributed by atoms with van der Waals surface area (Å²) in [5.74, 6) is -0.0120. The van der Waals surface area contributed by atoms with Crippen molar-refractivity contribution in [2.45, 2.75) is 411 Å². The van der Waals surface area contributed by atoms with Crippen LogP contribution < -0.4 is 5.32 Å². The first-order valence-corrected chi connectivity index (χ1v) is 34.3. The van der Waals surface area contributed by atoms with E-state index in [4.69, 9.17) is 4.74 Å². The van der Waals surface area contributed by atoms with E-state index in [9.17, 15) is 19.8 Å². The normalized spacial score (nSPS) is 12.4. The Kier molecular flexibility index (Phi) is 63.4. The molecular formula is C68H135NO5. The summed E-state index contributed by atoms with van der Waals surface area (Å²) in [5, 5.41) is 23.4. The molecule has 74 heavy (non-hydrogen) atoms. The molecule has 0 aromatic rings. The number of amides is 1. The van der Waals surface area contributed by atoms with Crippen LogP contribution in [0.15, 0.2) is 0 Å². The molecule has 1 amide bonds. The molecule has 2 unspecified atom stereocenters. The molecule has 2 atom stereocenters. The minimum atomic E-state index is -0.664. The van der Waals surface area contributed by atoms with Gasteiger partial charge in [0, 0.05) is 12.8 Å². The Hall–Kier alpha value is -1.14. The number of unbranched alkanes of at least 4 members (excludes halogenated alkanes) is 54. The van der Waals surface area contributed by atoms with E-state index in [-0.39, 0.29) is 18.5 Å². The van der Waals surface area contributed by atoms with Gasteiger partial charge >= 0.3 is 5.97 Å². The van der Waals surface area contributed by atoms with Gasteiger partial charge in [0.1, 0.15) is 0 Å². The first-order chi connectivity index (χ1) is 36.5. The molecule has 0 saturated heterocycles. The minimum absolute atomic E-state index is 0.0182. The van der Waals surface area contributed by atoms with Crippen molar-refractivity contribution in [1.29, 1.82) is 0 Å². The van der Waals surface area contributed by atoms with Crippen molar-refractivity contribution in [3.05, 3.63) is 0 Å². The molecule has 0 aliphatic heterocycles. The lowest BCUT2D eigenvalue weighted by Crippen LogP contribution is -2.45. The van der Waals surface area contributed by atoms with Crippen LogP contribution in [-0.4, -0.2) is 47.4 Å². The van der Waals surface area contributed by atoms with E-state index in [1.54, 1.807) is 0 Å². The van der Waals surface area contributed by atoms with Crippen LogP contribution in [0.5, 0.6) is 0 Å². The van der Waals surface area contributed by atoms with Crippen molar-refractivity contribution in [2.75, 3.05) is 13.2 Å². The lowest BCUT2D eigenvalue weighted by Gasteiger charge is -2.22. The number of aliphatic hydroxyl groups excluding tert-OH is 2. The Labute approximate surface area is 464 Å². The molecule has 0 fully saturated rings. The van der Waals surface area contributed by atoms with Gasteiger partial charge in [-0.25, -0.2) is 0 Å². The van der Waals surface area contributed by atoms with Gasteiger partial charge in [-0.15, -0.1) is 0 Å². The van der Waals surface area contributed by atoms with Gasteiger partial charge in [0.2, 0.25) is 5.91 Å². The van der Waals surface area contributed by atoms with Gasteiger partial charge in [-0.05, 0) is 25.7 Å². The molecule has 0 heterocycles. The number of esters is 1. The maximum atomic E-state index is 12.5. The Morgan fingerprint density at radius 2 is 0.554 bits per heavy atom. The van der Waals surface area contributed by atoms with Gasteiger partial charge in [-0.1, -0.05) is 361 Å². The number of carbonyl (C=O) groups is 2. The molecular weight excluding hydrogens is 911 g/mol. The van der Waals surface area contributed by atoms with Gasteiger partial charge in [-0.3, -0.25) is 9.59 Å². The predicted molar refractivity (Wildman–Crippen MR) is 324 cm³/mol. The van der Waals surface area contributed by atoms with Gasteiger partial charge in [-0.2, -0.15) is 0 Å². The van der Waals surface area contributed by atoms with Gasteiger partial charge in [0.05, 0.1) is 25.4 Å². The molecule has 442 valence electrons. The second-order valence-electron chi connectivity index (χ2n) is 23.9. The van der Waals surface area contributed by atoms with E-state index in [1.807, 2.05) is 0 Å². The summed E-state index contributed by atoms with van der Waals surface area (Å²) >= 11 is 0. The maximum absolute atomic E-state index is 12.5. The Morgan fingerprint density at radius 1 is 0.324 bits per heavy atom. The van der Waals surface area contributed by atoms with Crippen molar-refractivity contribution in [3.8, 4) is 0 Å². The quantitative estimate of drug-likeness (QED) is 0.0417. The topological polar surface area (TPSA) is 95.9 Å². The van der Waals surface area contributed by atoms with Gasteiger partial charge in [0.25, 0.3) is 0 Å². The van der Waals surface area contributed by atoms with Gasteiger partial charge < -0.3 is 20.3 Å². The second kappa shape index (κ2) is 64.4. The monoisotopic (exact) mass is 1050 g/mol. The molecule has 0 saturated carbocycles. The zero-order valence-corrected chi connectivity index (χ0v) is 50.6. The van der Waals surface area contributed by atoms with Crippen LogP contribution in [0.3, 0.4) is 0 Å². The SMILES string of the molecule is CCCCCCCCCCCCCCCCCCCCCC(O)C(CO)NC(=O)CCCCCCCCCCCCCCCCCCCCCCCCOC(=O)CCCCCCCCCCCCCCCCCC. The summed E-state index contributed by atoms with van der Waals surface area (Å²) in [6.45, 7) is 5.00. The highest BCUT2D eigenvalue weighted by Crippen LogP contribution is 2.19. The summed E-state index contributed by atoms with van der Waals surface area (Å²) < 4.78 is 5.50. The van der Waals surface area contributed by atoms with Crippen LogP contribution in [0, 0.1) is 0 Å². The number of nitrogens with one attached hydrogen (secondary N) is 1. The fourth-order valence-corrected chi connectivity index (χ4v) is 11.2. The maximum Gasteiger partial charge on any atom is 0.305 e. The molecule has 0 spiro atoms. The Balaban J connectivity index is 3.36. The van der Waals surface area contributed by atoms with Crippen LogP contribution >= 0.6 is 0 Å². The summed E-state index contributed by atoms with van der Waals surface area (Å²) in [7, 11) is 0. The molecule has 0 aliphatic carbocycles.